The number of halogens is 1. The molecule has 0 aromatic heterocycles. The van der Waals surface area contributed by atoms with Gasteiger partial charge in [0, 0.05) is 10.2 Å². The van der Waals surface area contributed by atoms with Crippen LogP contribution in [-0.2, 0) is 10.0 Å². The number of rotatable bonds is 4. The summed E-state index contributed by atoms with van der Waals surface area (Å²) in [6, 6.07) is 12.6. The summed E-state index contributed by atoms with van der Waals surface area (Å²) in [4.78, 5) is 12.0. The van der Waals surface area contributed by atoms with Gasteiger partial charge in [0.05, 0.1) is 10.9 Å². The first kappa shape index (κ1) is 17.5. The van der Waals surface area contributed by atoms with Crippen LogP contribution >= 0.6 is 15.9 Å². The lowest BCUT2D eigenvalue weighted by Gasteiger charge is -2.15. The quantitative estimate of drug-likeness (QED) is 0.738. The van der Waals surface area contributed by atoms with E-state index in [1.165, 1.54) is 12.1 Å². The Morgan fingerprint density at radius 2 is 1.83 bits per heavy atom. The van der Waals surface area contributed by atoms with Gasteiger partial charge < -0.3 is 10.6 Å². The zero-order valence-electron chi connectivity index (χ0n) is 12.3. The summed E-state index contributed by atoms with van der Waals surface area (Å²) in [5.74, 6) is 0. The fourth-order valence-corrected chi connectivity index (χ4v) is 2.87. The van der Waals surface area contributed by atoms with Gasteiger partial charge in [-0.05, 0) is 42.8 Å². The molecule has 1 unspecified atom stereocenters. The highest BCUT2D eigenvalue weighted by Gasteiger charge is 2.12. The first-order chi connectivity index (χ1) is 10.8. The van der Waals surface area contributed by atoms with E-state index in [0.29, 0.717) is 5.69 Å². The minimum absolute atomic E-state index is 0.0343. The van der Waals surface area contributed by atoms with Gasteiger partial charge in [0.25, 0.3) is 0 Å². The van der Waals surface area contributed by atoms with Gasteiger partial charge in [-0.1, -0.05) is 34.1 Å². The maximum atomic E-state index is 12.0. The van der Waals surface area contributed by atoms with E-state index < -0.39 is 10.0 Å². The predicted molar refractivity (Wildman–Crippen MR) is 92.5 cm³/mol. The minimum Gasteiger partial charge on any atom is -0.331 e. The third-order valence-corrected chi connectivity index (χ3v) is 4.56. The van der Waals surface area contributed by atoms with Crippen LogP contribution in [0.4, 0.5) is 10.5 Å². The van der Waals surface area contributed by atoms with Crippen molar-refractivity contribution in [1.29, 1.82) is 0 Å². The first-order valence-electron chi connectivity index (χ1n) is 6.71. The van der Waals surface area contributed by atoms with Crippen LogP contribution in [0, 0.1) is 0 Å². The van der Waals surface area contributed by atoms with Gasteiger partial charge in [-0.15, -0.1) is 0 Å². The van der Waals surface area contributed by atoms with Crippen molar-refractivity contribution in [2.45, 2.75) is 17.9 Å². The van der Waals surface area contributed by atoms with Crippen LogP contribution in [0.2, 0.25) is 0 Å². The van der Waals surface area contributed by atoms with Crippen molar-refractivity contribution in [2.75, 3.05) is 5.32 Å². The third kappa shape index (κ3) is 5.05. The molecule has 0 spiro atoms. The van der Waals surface area contributed by atoms with Crippen LogP contribution in [0.1, 0.15) is 18.5 Å². The summed E-state index contributed by atoms with van der Waals surface area (Å²) in [5, 5.41) is 10.5. The van der Waals surface area contributed by atoms with Crippen molar-refractivity contribution in [3.63, 3.8) is 0 Å². The van der Waals surface area contributed by atoms with Gasteiger partial charge in [-0.25, -0.2) is 18.4 Å². The highest BCUT2D eigenvalue weighted by molar-refractivity contribution is 9.10. The number of nitrogens with one attached hydrogen (secondary N) is 2. The van der Waals surface area contributed by atoms with E-state index in [2.05, 4.69) is 26.6 Å². The van der Waals surface area contributed by atoms with Crippen molar-refractivity contribution >= 4 is 37.7 Å². The van der Waals surface area contributed by atoms with E-state index in [4.69, 9.17) is 5.14 Å². The van der Waals surface area contributed by atoms with E-state index in [-0.39, 0.29) is 17.0 Å². The molecule has 0 aliphatic carbocycles. The molecule has 23 heavy (non-hydrogen) atoms. The van der Waals surface area contributed by atoms with Crippen molar-refractivity contribution < 1.29 is 13.2 Å². The topological polar surface area (TPSA) is 101 Å². The molecule has 2 rings (SSSR count). The van der Waals surface area contributed by atoms with Crippen molar-refractivity contribution in [2.24, 2.45) is 5.14 Å². The van der Waals surface area contributed by atoms with Crippen molar-refractivity contribution in [3.8, 4) is 0 Å². The standard InChI is InChI=1S/C15H16BrN3O3S/c1-10(11-5-7-14(8-6-11)23(17,21)22)18-15(20)19-13-4-2-3-12(16)9-13/h2-10H,1H3,(H2,17,21,22)(H2,18,19,20). The van der Waals surface area contributed by atoms with E-state index in [1.807, 2.05) is 12.1 Å². The minimum atomic E-state index is -3.72. The summed E-state index contributed by atoms with van der Waals surface area (Å²) < 4.78 is 23.3. The van der Waals surface area contributed by atoms with Crippen LogP contribution in [0.25, 0.3) is 0 Å². The molecule has 2 amide bonds. The average Bonchev–Trinajstić information content (AvgIpc) is 2.46. The Bertz CT molecular complexity index is 807. The molecule has 0 aliphatic rings. The number of nitrogens with two attached hydrogens (primary N) is 1. The molecule has 0 heterocycles. The lowest BCUT2D eigenvalue weighted by molar-refractivity contribution is 0.249. The second-order valence-corrected chi connectivity index (χ2v) is 7.42. The summed E-state index contributed by atoms with van der Waals surface area (Å²) in [6.45, 7) is 1.80. The molecule has 0 saturated carbocycles. The Morgan fingerprint density at radius 1 is 1.17 bits per heavy atom. The number of sulfonamides is 1. The number of hydrogen-bond acceptors (Lipinski definition) is 3. The van der Waals surface area contributed by atoms with Crippen LogP contribution in [0.3, 0.4) is 0 Å². The second-order valence-electron chi connectivity index (χ2n) is 4.94. The molecular weight excluding hydrogens is 382 g/mol. The van der Waals surface area contributed by atoms with Crippen LogP contribution in [-0.4, -0.2) is 14.4 Å². The summed E-state index contributed by atoms with van der Waals surface area (Å²) >= 11 is 3.33. The molecule has 122 valence electrons. The number of carbonyl (C=O) groups excluding carboxylic acids is 1. The fourth-order valence-electron chi connectivity index (χ4n) is 1.96. The van der Waals surface area contributed by atoms with E-state index >= 15 is 0 Å². The van der Waals surface area contributed by atoms with Crippen LogP contribution < -0.4 is 15.8 Å². The lowest BCUT2D eigenvalue weighted by atomic mass is 10.1. The monoisotopic (exact) mass is 397 g/mol. The zero-order valence-corrected chi connectivity index (χ0v) is 14.7. The Hall–Kier alpha value is -1.90. The molecule has 2 aromatic carbocycles. The van der Waals surface area contributed by atoms with Gasteiger partial charge >= 0.3 is 6.03 Å². The smallest absolute Gasteiger partial charge is 0.319 e. The Balaban J connectivity index is 2.01. The Morgan fingerprint density at radius 3 is 2.39 bits per heavy atom. The summed E-state index contributed by atoms with van der Waals surface area (Å²) in [7, 11) is -3.72. The predicted octanol–water partition coefficient (Wildman–Crippen LogP) is 2.98. The Labute approximate surface area is 143 Å². The molecule has 2 aromatic rings. The highest BCUT2D eigenvalue weighted by atomic mass is 79.9. The van der Waals surface area contributed by atoms with Crippen LogP contribution in [0.15, 0.2) is 57.9 Å². The van der Waals surface area contributed by atoms with E-state index in [9.17, 15) is 13.2 Å². The van der Waals surface area contributed by atoms with Gasteiger partial charge in [0.1, 0.15) is 0 Å². The maximum Gasteiger partial charge on any atom is 0.319 e. The van der Waals surface area contributed by atoms with Gasteiger partial charge in [0.15, 0.2) is 0 Å². The number of benzene rings is 2. The average molecular weight is 398 g/mol. The van der Waals surface area contributed by atoms with Gasteiger partial charge in [-0.2, -0.15) is 0 Å². The second kappa shape index (κ2) is 7.12. The van der Waals surface area contributed by atoms with Crippen molar-refractivity contribution in [1.82, 2.24) is 5.32 Å². The van der Waals surface area contributed by atoms with E-state index in [1.54, 1.807) is 31.2 Å². The molecular formula is C15H16BrN3O3S. The highest BCUT2D eigenvalue weighted by Crippen LogP contribution is 2.17. The number of primary sulfonamides is 1. The van der Waals surface area contributed by atoms with Gasteiger partial charge in [-0.3, -0.25) is 0 Å². The molecule has 0 bridgehead atoms. The van der Waals surface area contributed by atoms with Crippen LogP contribution in [0.5, 0.6) is 0 Å². The fraction of sp³-hybridized carbons (Fsp3) is 0.133. The summed E-state index contributed by atoms with van der Waals surface area (Å²) in [5.41, 5.74) is 1.43. The largest absolute Gasteiger partial charge is 0.331 e. The zero-order chi connectivity index (χ0) is 17.0. The maximum absolute atomic E-state index is 12.0. The number of urea groups is 1. The molecule has 8 heteroatoms. The molecule has 0 radical (unpaired) electrons. The SMILES string of the molecule is CC(NC(=O)Nc1cccc(Br)c1)c1ccc(S(N)(=O)=O)cc1. The summed E-state index contributed by atoms with van der Waals surface area (Å²) in [6.07, 6.45) is 0. The number of amides is 2. The van der Waals surface area contributed by atoms with E-state index in [0.717, 1.165) is 10.0 Å². The first-order valence-corrected chi connectivity index (χ1v) is 9.05. The molecule has 0 fully saturated rings. The van der Waals surface area contributed by atoms with Crippen molar-refractivity contribution in [3.05, 3.63) is 58.6 Å². The number of hydrogen-bond donors (Lipinski definition) is 3. The Kier molecular flexibility index (Phi) is 5.40. The molecule has 1 atom stereocenters. The number of carbonyl (C=O) groups is 1. The number of anilines is 1. The molecule has 4 N–H and O–H groups in total. The lowest BCUT2D eigenvalue weighted by Crippen LogP contribution is -2.31. The molecule has 0 aliphatic heterocycles. The van der Waals surface area contributed by atoms with Gasteiger partial charge in [0.2, 0.25) is 10.0 Å². The third-order valence-electron chi connectivity index (χ3n) is 3.14. The molecule has 6 nitrogen and oxygen atoms in total. The normalized spacial score (nSPS) is 12.5. The molecule has 0 saturated heterocycles.